The van der Waals surface area contributed by atoms with Crippen LogP contribution in [0.5, 0.6) is 0 Å². The lowest BCUT2D eigenvalue weighted by molar-refractivity contribution is -0.225. The Bertz CT molecular complexity index is 1120. The molecule has 1 aromatic heterocycles. The van der Waals surface area contributed by atoms with E-state index in [-0.39, 0.29) is 42.7 Å². The number of ketones is 1. The number of esters is 2. The minimum Gasteiger partial charge on any atom is -0.472 e. The van der Waals surface area contributed by atoms with Crippen molar-refractivity contribution in [2.75, 3.05) is 6.61 Å². The second-order valence-electron chi connectivity index (χ2n) is 12.2. The first-order chi connectivity index (χ1) is 16.0. The SMILES string of the molecule is CC1(C)O[C@H]2CC(=O)OC[C@]23[C@H]2CC[C@@]4(C)[C@@H](c5ccoc5)OC(=O)C5OC54[C@]2(C)C(=O)C[C@@H]13. The number of furan rings is 1. The van der Waals surface area contributed by atoms with Crippen LogP contribution in [-0.2, 0) is 33.3 Å². The van der Waals surface area contributed by atoms with Gasteiger partial charge >= 0.3 is 11.9 Å². The highest BCUT2D eigenvalue weighted by Crippen LogP contribution is 2.79. The topological polar surface area (TPSA) is 105 Å². The van der Waals surface area contributed by atoms with E-state index >= 15 is 0 Å². The van der Waals surface area contributed by atoms with Gasteiger partial charge in [0.15, 0.2) is 6.10 Å². The minimum absolute atomic E-state index is 0.0677. The molecule has 1 aromatic rings. The van der Waals surface area contributed by atoms with Crippen molar-refractivity contribution >= 4 is 17.7 Å². The van der Waals surface area contributed by atoms with Gasteiger partial charge in [0.25, 0.3) is 0 Å². The Morgan fingerprint density at radius 2 is 1.76 bits per heavy atom. The van der Waals surface area contributed by atoms with E-state index in [1.807, 2.05) is 26.8 Å². The van der Waals surface area contributed by atoms with E-state index in [9.17, 15) is 14.4 Å². The van der Waals surface area contributed by atoms with Crippen LogP contribution in [-0.4, -0.2) is 47.7 Å². The smallest absolute Gasteiger partial charge is 0.339 e. The van der Waals surface area contributed by atoms with Crippen LogP contribution < -0.4 is 0 Å². The second kappa shape index (κ2) is 5.95. The molecule has 2 saturated carbocycles. The summed E-state index contributed by atoms with van der Waals surface area (Å²) in [6.45, 7) is 8.36. The molecule has 7 rings (SSSR count). The molecular formula is C26H30O8. The Kier molecular flexibility index (Phi) is 3.70. The molecule has 182 valence electrons. The predicted molar refractivity (Wildman–Crippen MR) is 114 cm³/mol. The van der Waals surface area contributed by atoms with Gasteiger partial charge in [0.05, 0.1) is 36.1 Å². The molecule has 4 aliphatic heterocycles. The summed E-state index contributed by atoms with van der Waals surface area (Å²) >= 11 is 0. The van der Waals surface area contributed by atoms with E-state index in [2.05, 4.69) is 6.92 Å². The van der Waals surface area contributed by atoms with Gasteiger partial charge in [-0.3, -0.25) is 9.59 Å². The summed E-state index contributed by atoms with van der Waals surface area (Å²) in [5.41, 5.74) is -2.78. The normalized spacial score (nSPS) is 52.4. The maximum atomic E-state index is 14.2. The molecule has 34 heavy (non-hydrogen) atoms. The Hall–Kier alpha value is -2.19. The lowest BCUT2D eigenvalue weighted by atomic mass is 9.37. The van der Waals surface area contributed by atoms with Crippen molar-refractivity contribution < 1.29 is 37.7 Å². The van der Waals surface area contributed by atoms with Crippen LogP contribution >= 0.6 is 0 Å². The number of fused-ring (bicyclic) bond motifs is 1. The molecule has 2 unspecified atom stereocenters. The van der Waals surface area contributed by atoms with Crippen LogP contribution in [0.2, 0.25) is 0 Å². The Morgan fingerprint density at radius 3 is 2.50 bits per heavy atom. The van der Waals surface area contributed by atoms with E-state index < -0.39 is 45.6 Å². The van der Waals surface area contributed by atoms with Gasteiger partial charge in [0.2, 0.25) is 0 Å². The number of rotatable bonds is 1. The molecule has 8 nitrogen and oxygen atoms in total. The van der Waals surface area contributed by atoms with Crippen molar-refractivity contribution in [2.24, 2.45) is 28.1 Å². The molecule has 4 saturated heterocycles. The standard InChI is InChI=1S/C26H30O8/c1-22(2)15-9-16(27)24(4)14(25(15)12-31-18(28)10-17(25)33-22)5-7-23(3)19(13-6-8-30-11-13)32-21(29)20-26(23,24)34-20/h6,8,11,14-15,17,19-20H,5,7,9-10,12H2,1-4H3/t14-,15-,17-,19+,20?,23-,24-,25+,26?/m0/s1. The summed E-state index contributed by atoms with van der Waals surface area (Å²) in [6.07, 6.45) is 3.46. The Balaban J connectivity index is 1.41. The molecule has 6 fully saturated rings. The van der Waals surface area contributed by atoms with Crippen molar-refractivity contribution in [3.05, 3.63) is 24.2 Å². The Morgan fingerprint density at radius 1 is 0.971 bits per heavy atom. The van der Waals surface area contributed by atoms with E-state index in [0.717, 1.165) is 12.0 Å². The molecule has 0 bridgehead atoms. The number of carbonyl (C=O) groups is 3. The van der Waals surface area contributed by atoms with Crippen LogP contribution in [0.25, 0.3) is 0 Å². The van der Waals surface area contributed by atoms with Crippen LogP contribution in [0.1, 0.15) is 65.0 Å². The summed E-state index contributed by atoms with van der Waals surface area (Å²) in [5.74, 6) is -0.780. The monoisotopic (exact) mass is 470 g/mol. The average molecular weight is 471 g/mol. The lowest BCUT2D eigenvalue weighted by Gasteiger charge is -2.65. The molecule has 8 heteroatoms. The summed E-state index contributed by atoms with van der Waals surface area (Å²) in [7, 11) is 0. The third-order valence-electron chi connectivity index (χ3n) is 10.7. The molecule has 0 N–H and O–H groups in total. The van der Waals surface area contributed by atoms with Gasteiger partial charge in [0.1, 0.15) is 24.1 Å². The predicted octanol–water partition coefficient (Wildman–Crippen LogP) is 3.14. The van der Waals surface area contributed by atoms with Gasteiger partial charge in [-0.2, -0.15) is 0 Å². The van der Waals surface area contributed by atoms with E-state index in [1.165, 1.54) is 0 Å². The number of cyclic esters (lactones) is 2. The number of hydrogen-bond acceptors (Lipinski definition) is 8. The van der Waals surface area contributed by atoms with Gasteiger partial charge in [-0.25, -0.2) is 4.79 Å². The molecule has 9 atom stereocenters. The highest BCUT2D eigenvalue weighted by atomic mass is 16.7. The molecule has 2 spiro atoms. The van der Waals surface area contributed by atoms with Crippen molar-refractivity contribution in [2.45, 2.75) is 82.9 Å². The lowest BCUT2D eigenvalue weighted by Crippen LogP contribution is -2.72. The van der Waals surface area contributed by atoms with Crippen LogP contribution in [0.15, 0.2) is 23.0 Å². The van der Waals surface area contributed by atoms with Gasteiger partial charge in [-0.15, -0.1) is 0 Å². The summed E-state index contributed by atoms with van der Waals surface area (Å²) in [4.78, 5) is 39.7. The largest absolute Gasteiger partial charge is 0.472 e. The molecular weight excluding hydrogens is 440 g/mol. The van der Waals surface area contributed by atoms with E-state index in [1.54, 1.807) is 12.5 Å². The van der Waals surface area contributed by atoms with Gasteiger partial charge < -0.3 is 23.4 Å². The van der Waals surface area contributed by atoms with Crippen molar-refractivity contribution in [1.82, 2.24) is 0 Å². The molecule has 0 aromatic carbocycles. The van der Waals surface area contributed by atoms with Crippen LogP contribution in [0.3, 0.4) is 0 Å². The first-order valence-electron chi connectivity index (χ1n) is 12.3. The highest BCUT2D eigenvalue weighted by molar-refractivity contribution is 5.93. The van der Waals surface area contributed by atoms with Crippen LogP contribution in [0, 0.1) is 28.1 Å². The number of epoxide rings is 1. The fourth-order valence-corrected chi connectivity index (χ4v) is 9.34. The molecule has 0 amide bonds. The number of hydrogen-bond donors (Lipinski definition) is 0. The molecule has 2 aliphatic carbocycles. The molecule has 0 radical (unpaired) electrons. The summed E-state index contributed by atoms with van der Waals surface area (Å²) < 4.78 is 29.8. The van der Waals surface area contributed by atoms with Crippen LogP contribution in [0.4, 0.5) is 0 Å². The first kappa shape index (κ1) is 21.1. The first-order valence-corrected chi connectivity index (χ1v) is 12.3. The minimum atomic E-state index is -0.976. The molecule has 5 heterocycles. The highest BCUT2D eigenvalue weighted by Gasteiger charge is 2.89. The van der Waals surface area contributed by atoms with Crippen molar-refractivity contribution in [3.8, 4) is 0 Å². The number of Topliss-reactive ketones (excluding diaryl/α,β-unsaturated/α-hetero) is 1. The Labute approximate surface area is 197 Å². The zero-order valence-electron chi connectivity index (χ0n) is 19.9. The number of carbonyl (C=O) groups excluding carboxylic acids is 3. The third-order valence-corrected chi connectivity index (χ3v) is 10.7. The fourth-order valence-electron chi connectivity index (χ4n) is 9.34. The molecule has 6 aliphatic rings. The third kappa shape index (κ3) is 2.02. The van der Waals surface area contributed by atoms with Gasteiger partial charge in [-0.05, 0) is 45.6 Å². The van der Waals surface area contributed by atoms with Crippen molar-refractivity contribution in [1.29, 1.82) is 0 Å². The number of ether oxygens (including phenoxy) is 4. The van der Waals surface area contributed by atoms with E-state index in [4.69, 9.17) is 23.4 Å². The maximum Gasteiger partial charge on any atom is 0.339 e. The van der Waals surface area contributed by atoms with E-state index in [0.29, 0.717) is 12.8 Å². The average Bonchev–Trinajstić information content (AvgIpc) is 3.26. The van der Waals surface area contributed by atoms with Crippen molar-refractivity contribution in [3.63, 3.8) is 0 Å². The zero-order valence-corrected chi connectivity index (χ0v) is 19.9. The quantitative estimate of drug-likeness (QED) is 0.455. The summed E-state index contributed by atoms with van der Waals surface area (Å²) in [5, 5.41) is 0. The second-order valence-corrected chi connectivity index (χ2v) is 12.2. The fraction of sp³-hybridized carbons (Fsp3) is 0.731. The zero-order chi connectivity index (χ0) is 23.9. The maximum absolute atomic E-state index is 14.2. The summed E-state index contributed by atoms with van der Waals surface area (Å²) in [6, 6.07) is 1.81. The van der Waals surface area contributed by atoms with Gasteiger partial charge in [0, 0.05) is 28.7 Å². The van der Waals surface area contributed by atoms with Gasteiger partial charge in [-0.1, -0.05) is 6.92 Å².